The van der Waals surface area contributed by atoms with Crippen molar-refractivity contribution < 1.29 is 13.2 Å². The van der Waals surface area contributed by atoms with Crippen LogP contribution in [0.2, 0.25) is 0 Å². The second-order valence-electron chi connectivity index (χ2n) is 6.68. The molecule has 0 bridgehead atoms. The van der Waals surface area contributed by atoms with Crippen molar-refractivity contribution in [3.8, 4) is 5.75 Å². The summed E-state index contributed by atoms with van der Waals surface area (Å²) in [7, 11) is -3.21. The minimum atomic E-state index is -3.21. The summed E-state index contributed by atoms with van der Waals surface area (Å²) in [6, 6.07) is 24.5. The molecule has 1 N–H and O–H groups in total. The summed E-state index contributed by atoms with van der Waals surface area (Å²) in [5.74, 6) is 0.801. The van der Waals surface area contributed by atoms with Crippen LogP contribution in [0, 0.1) is 0 Å². The summed E-state index contributed by atoms with van der Waals surface area (Å²) in [6.45, 7) is 0. The van der Waals surface area contributed by atoms with Crippen molar-refractivity contribution in [1.82, 2.24) is 0 Å². The number of ether oxygens (including phenoxy) is 1. The number of hydrazone groups is 1. The van der Waals surface area contributed by atoms with Gasteiger partial charge in [-0.05, 0) is 42.0 Å². The monoisotopic (exact) mass is 392 g/mol. The first kappa shape index (κ1) is 18.3. The molecule has 4 rings (SSSR count). The van der Waals surface area contributed by atoms with E-state index in [9.17, 15) is 8.42 Å². The van der Waals surface area contributed by atoms with Crippen LogP contribution in [0.25, 0.3) is 0 Å². The van der Waals surface area contributed by atoms with Gasteiger partial charge in [-0.25, -0.2) is 8.42 Å². The van der Waals surface area contributed by atoms with E-state index in [1.807, 2.05) is 54.6 Å². The van der Waals surface area contributed by atoms with Gasteiger partial charge in [0.1, 0.15) is 11.9 Å². The normalized spacial score (nSPS) is 17.6. The Morgan fingerprint density at radius 3 is 2.32 bits per heavy atom. The third kappa shape index (κ3) is 3.92. The molecule has 0 aromatic heterocycles. The molecule has 0 radical (unpaired) electrons. The number of hydrogen-bond acceptors (Lipinski definition) is 5. The van der Waals surface area contributed by atoms with Gasteiger partial charge in [0.05, 0.1) is 16.3 Å². The van der Waals surface area contributed by atoms with E-state index in [-0.39, 0.29) is 11.0 Å². The minimum absolute atomic E-state index is 0.107. The van der Waals surface area contributed by atoms with Crippen LogP contribution in [-0.2, 0) is 9.84 Å². The highest BCUT2D eigenvalue weighted by molar-refractivity contribution is 7.90. The lowest BCUT2D eigenvalue weighted by Gasteiger charge is -2.27. The van der Waals surface area contributed by atoms with Crippen LogP contribution in [0.3, 0.4) is 0 Å². The average molecular weight is 392 g/mol. The molecule has 3 aromatic carbocycles. The molecule has 1 aliphatic heterocycles. The summed E-state index contributed by atoms with van der Waals surface area (Å²) >= 11 is 0. The standard InChI is InChI=1S/C22H20N2O3S/c1-28(25,26)18-13-11-17(12-14-18)23-24-20-15-22(16-7-3-2-4-8-16)27-21-10-6-5-9-19(20)21/h2-14,22-23H,15H2,1H3/b24-20+. The maximum Gasteiger partial charge on any atom is 0.175 e. The smallest absolute Gasteiger partial charge is 0.175 e. The van der Waals surface area contributed by atoms with Crippen LogP contribution in [-0.4, -0.2) is 20.4 Å². The van der Waals surface area contributed by atoms with Crippen molar-refractivity contribution in [1.29, 1.82) is 0 Å². The number of sulfone groups is 1. The van der Waals surface area contributed by atoms with E-state index in [1.54, 1.807) is 24.3 Å². The highest BCUT2D eigenvalue weighted by Crippen LogP contribution is 2.35. The molecule has 142 valence electrons. The first-order valence-electron chi connectivity index (χ1n) is 8.94. The average Bonchev–Trinajstić information content (AvgIpc) is 2.72. The predicted molar refractivity (Wildman–Crippen MR) is 111 cm³/mol. The number of fused-ring (bicyclic) bond motifs is 1. The van der Waals surface area contributed by atoms with Crippen LogP contribution < -0.4 is 10.2 Å². The lowest BCUT2D eigenvalue weighted by molar-refractivity contribution is 0.206. The van der Waals surface area contributed by atoms with Crippen LogP contribution in [0.5, 0.6) is 5.75 Å². The first-order valence-corrected chi connectivity index (χ1v) is 10.8. The summed E-state index contributed by atoms with van der Waals surface area (Å²) in [4.78, 5) is 0.284. The Bertz CT molecular complexity index is 1110. The van der Waals surface area contributed by atoms with Crippen molar-refractivity contribution in [2.45, 2.75) is 17.4 Å². The summed E-state index contributed by atoms with van der Waals surface area (Å²) in [5.41, 5.74) is 6.71. The number of anilines is 1. The molecule has 6 heteroatoms. The largest absolute Gasteiger partial charge is 0.485 e. The molecule has 0 fully saturated rings. The quantitative estimate of drug-likeness (QED) is 0.667. The Kier molecular flexibility index (Phi) is 4.88. The SMILES string of the molecule is CS(=O)(=O)c1ccc(N/N=C2\CC(c3ccccc3)Oc3ccccc32)cc1. The maximum absolute atomic E-state index is 11.6. The number of benzene rings is 3. The Morgan fingerprint density at radius 1 is 0.929 bits per heavy atom. The molecule has 0 aliphatic carbocycles. The number of nitrogens with zero attached hydrogens (tertiary/aromatic N) is 1. The van der Waals surface area contributed by atoms with Gasteiger partial charge in [0.15, 0.2) is 9.84 Å². The van der Waals surface area contributed by atoms with E-state index >= 15 is 0 Å². The molecular weight excluding hydrogens is 372 g/mol. The Morgan fingerprint density at radius 2 is 1.61 bits per heavy atom. The van der Waals surface area contributed by atoms with E-state index in [0.717, 1.165) is 28.3 Å². The number of para-hydroxylation sites is 1. The zero-order chi connectivity index (χ0) is 19.6. The minimum Gasteiger partial charge on any atom is -0.485 e. The third-order valence-electron chi connectivity index (χ3n) is 4.62. The fourth-order valence-electron chi connectivity index (χ4n) is 3.16. The zero-order valence-electron chi connectivity index (χ0n) is 15.4. The fourth-order valence-corrected chi connectivity index (χ4v) is 3.79. The number of hydrogen-bond donors (Lipinski definition) is 1. The van der Waals surface area contributed by atoms with E-state index in [2.05, 4.69) is 10.5 Å². The summed E-state index contributed by atoms with van der Waals surface area (Å²) in [5, 5.41) is 4.60. The molecule has 0 spiro atoms. The van der Waals surface area contributed by atoms with Crippen molar-refractivity contribution in [3.05, 3.63) is 90.0 Å². The lowest BCUT2D eigenvalue weighted by atomic mass is 9.96. The molecule has 1 heterocycles. The van der Waals surface area contributed by atoms with Crippen LogP contribution in [0.1, 0.15) is 23.7 Å². The van der Waals surface area contributed by atoms with Crippen molar-refractivity contribution >= 4 is 21.2 Å². The van der Waals surface area contributed by atoms with E-state index < -0.39 is 9.84 Å². The van der Waals surface area contributed by atoms with Gasteiger partial charge in [-0.2, -0.15) is 5.10 Å². The summed E-state index contributed by atoms with van der Waals surface area (Å²) < 4.78 is 29.4. The van der Waals surface area contributed by atoms with Gasteiger partial charge >= 0.3 is 0 Å². The first-order chi connectivity index (χ1) is 13.5. The molecule has 0 amide bonds. The zero-order valence-corrected chi connectivity index (χ0v) is 16.2. The van der Waals surface area contributed by atoms with E-state index in [0.29, 0.717) is 6.42 Å². The number of rotatable bonds is 4. The van der Waals surface area contributed by atoms with Gasteiger partial charge in [-0.15, -0.1) is 0 Å². The van der Waals surface area contributed by atoms with Gasteiger partial charge in [0.2, 0.25) is 0 Å². The van der Waals surface area contributed by atoms with Crippen LogP contribution >= 0.6 is 0 Å². The molecule has 5 nitrogen and oxygen atoms in total. The Labute approximate surface area is 164 Å². The molecule has 1 unspecified atom stereocenters. The predicted octanol–water partition coefficient (Wildman–Crippen LogP) is 4.43. The maximum atomic E-state index is 11.6. The highest BCUT2D eigenvalue weighted by atomic mass is 32.2. The molecule has 0 saturated carbocycles. The molecule has 1 aliphatic rings. The van der Waals surface area contributed by atoms with Crippen molar-refractivity contribution in [3.63, 3.8) is 0 Å². The Hall–Kier alpha value is -3.12. The summed E-state index contributed by atoms with van der Waals surface area (Å²) in [6.07, 6.45) is 1.72. The second kappa shape index (κ2) is 7.48. The van der Waals surface area contributed by atoms with Crippen LogP contribution in [0.15, 0.2) is 88.9 Å². The van der Waals surface area contributed by atoms with E-state index in [1.165, 1.54) is 6.26 Å². The second-order valence-corrected chi connectivity index (χ2v) is 8.70. The van der Waals surface area contributed by atoms with Gasteiger partial charge in [-0.3, -0.25) is 5.43 Å². The molecular formula is C22H20N2O3S. The molecule has 28 heavy (non-hydrogen) atoms. The third-order valence-corrected chi connectivity index (χ3v) is 5.75. The fraction of sp³-hybridized carbons (Fsp3) is 0.136. The van der Waals surface area contributed by atoms with Crippen molar-refractivity contribution in [2.24, 2.45) is 5.10 Å². The van der Waals surface area contributed by atoms with Gasteiger partial charge < -0.3 is 4.74 Å². The van der Waals surface area contributed by atoms with E-state index in [4.69, 9.17) is 4.74 Å². The van der Waals surface area contributed by atoms with Gasteiger partial charge in [0.25, 0.3) is 0 Å². The van der Waals surface area contributed by atoms with Gasteiger partial charge in [0, 0.05) is 18.2 Å². The molecule has 3 aromatic rings. The van der Waals surface area contributed by atoms with Crippen LogP contribution in [0.4, 0.5) is 5.69 Å². The Balaban J connectivity index is 1.62. The number of nitrogens with one attached hydrogen (secondary N) is 1. The van der Waals surface area contributed by atoms with Crippen molar-refractivity contribution in [2.75, 3.05) is 11.7 Å². The topological polar surface area (TPSA) is 67.8 Å². The highest BCUT2D eigenvalue weighted by Gasteiger charge is 2.26. The van der Waals surface area contributed by atoms with Gasteiger partial charge in [-0.1, -0.05) is 42.5 Å². The molecule has 1 atom stereocenters. The molecule has 0 saturated heterocycles. The lowest BCUT2D eigenvalue weighted by Crippen LogP contribution is -2.21.